The van der Waals surface area contributed by atoms with Crippen LogP contribution in [0.5, 0.6) is 0 Å². The van der Waals surface area contributed by atoms with Gasteiger partial charge in [0, 0.05) is 0 Å². The maximum Gasteiger partial charge on any atom is 0.0692 e. The van der Waals surface area contributed by atoms with Crippen LogP contribution in [0.25, 0.3) is 0 Å². The van der Waals surface area contributed by atoms with E-state index in [2.05, 4.69) is 6.07 Å². The van der Waals surface area contributed by atoms with Crippen LogP contribution in [0.4, 0.5) is 0 Å². The maximum absolute atomic E-state index is 9.35. The zero-order valence-electron chi connectivity index (χ0n) is 8.39. The molecule has 0 bridgehead atoms. The Hall–Kier alpha value is -0.510. The Morgan fingerprint density at radius 1 is 0.923 bits per heavy atom. The van der Waals surface area contributed by atoms with Gasteiger partial charge in [0.15, 0.2) is 0 Å². The van der Waals surface area contributed by atoms with Crippen LogP contribution in [-0.2, 0) is 0 Å². The predicted molar refractivity (Wildman–Crippen MR) is 53.1 cm³/mol. The molecule has 72 valence electrons. The van der Waals surface area contributed by atoms with Crippen molar-refractivity contribution in [3.63, 3.8) is 0 Å². The van der Waals surface area contributed by atoms with Gasteiger partial charge in [-0.25, -0.2) is 0 Å². The standard InChI is InChI=1S/C12H19N/c13-10-12(8-4-1-5-9-12)11-6-2-3-7-11/h11H,1-9H2. The van der Waals surface area contributed by atoms with Crippen molar-refractivity contribution >= 4 is 0 Å². The Bertz CT molecular complexity index is 202. The highest BCUT2D eigenvalue weighted by Gasteiger charge is 2.40. The molecular formula is C12H19N. The summed E-state index contributed by atoms with van der Waals surface area (Å²) in [7, 11) is 0. The van der Waals surface area contributed by atoms with Gasteiger partial charge in [-0.05, 0) is 31.6 Å². The van der Waals surface area contributed by atoms with E-state index in [1.165, 1.54) is 57.8 Å². The molecule has 2 rings (SSSR count). The van der Waals surface area contributed by atoms with Crippen molar-refractivity contribution in [2.24, 2.45) is 11.3 Å². The first-order chi connectivity index (χ1) is 6.37. The number of nitrogens with zero attached hydrogens (tertiary/aromatic N) is 1. The van der Waals surface area contributed by atoms with Crippen LogP contribution in [-0.4, -0.2) is 0 Å². The average Bonchev–Trinajstić information content (AvgIpc) is 2.72. The van der Waals surface area contributed by atoms with Gasteiger partial charge in [0.2, 0.25) is 0 Å². The van der Waals surface area contributed by atoms with E-state index in [9.17, 15) is 5.26 Å². The molecule has 0 unspecified atom stereocenters. The minimum absolute atomic E-state index is 0.106. The molecule has 0 radical (unpaired) electrons. The fourth-order valence-electron chi connectivity index (χ4n) is 3.27. The van der Waals surface area contributed by atoms with Crippen molar-refractivity contribution in [3.05, 3.63) is 0 Å². The second-order valence-electron chi connectivity index (χ2n) is 4.81. The minimum atomic E-state index is 0.106. The number of hydrogen-bond donors (Lipinski definition) is 0. The largest absolute Gasteiger partial charge is 0.198 e. The molecule has 0 atom stereocenters. The van der Waals surface area contributed by atoms with E-state index in [1.54, 1.807) is 0 Å². The fourth-order valence-corrected chi connectivity index (χ4v) is 3.27. The molecule has 0 aromatic heterocycles. The van der Waals surface area contributed by atoms with Crippen molar-refractivity contribution in [1.82, 2.24) is 0 Å². The molecule has 0 heterocycles. The number of rotatable bonds is 1. The lowest BCUT2D eigenvalue weighted by atomic mass is 9.66. The van der Waals surface area contributed by atoms with Crippen LogP contribution in [0.1, 0.15) is 57.8 Å². The van der Waals surface area contributed by atoms with Crippen LogP contribution in [0, 0.1) is 22.7 Å². The van der Waals surface area contributed by atoms with Crippen molar-refractivity contribution < 1.29 is 0 Å². The van der Waals surface area contributed by atoms with E-state index in [0.717, 1.165) is 5.92 Å². The van der Waals surface area contributed by atoms with Crippen LogP contribution in [0.2, 0.25) is 0 Å². The molecule has 1 heteroatoms. The van der Waals surface area contributed by atoms with Gasteiger partial charge in [0.1, 0.15) is 0 Å². The lowest BCUT2D eigenvalue weighted by molar-refractivity contribution is 0.167. The van der Waals surface area contributed by atoms with E-state index in [1.807, 2.05) is 0 Å². The third-order valence-corrected chi connectivity index (χ3v) is 4.11. The number of hydrogen-bond acceptors (Lipinski definition) is 1. The molecule has 0 aromatic rings. The average molecular weight is 177 g/mol. The van der Waals surface area contributed by atoms with E-state index in [4.69, 9.17) is 0 Å². The van der Waals surface area contributed by atoms with Crippen LogP contribution >= 0.6 is 0 Å². The molecule has 0 amide bonds. The number of nitriles is 1. The van der Waals surface area contributed by atoms with Gasteiger partial charge in [-0.3, -0.25) is 0 Å². The van der Waals surface area contributed by atoms with E-state index in [0.29, 0.717) is 0 Å². The Morgan fingerprint density at radius 3 is 2.08 bits per heavy atom. The SMILES string of the molecule is N#CC1(C2CCCC2)CCCCC1. The van der Waals surface area contributed by atoms with Gasteiger partial charge in [0.25, 0.3) is 0 Å². The van der Waals surface area contributed by atoms with Gasteiger partial charge in [0.05, 0.1) is 11.5 Å². The summed E-state index contributed by atoms with van der Waals surface area (Å²) in [6.07, 6.45) is 11.7. The smallest absolute Gasteiger partial charge is 0.0692 e. The van der Waals surface area contributed by atoms with E-state index < -0.39 is 0 Å². The zero-order chi connectivity index (χ0) is 9.15. The van der Waals surface area contributed by atoms with Gasteiger partial charge in [-0.15, -0.1) is 0 Å². The summed E-state index contributed by atoms with van der Waals surface area (Å²) < 4.78 is 0. The topological polar surface area (TPSA) is 23.8 Å². The van der Waals surface area contributed by atoms with Crippen LogP contribution in [0.3, 0.4) is 0 Å². The first-order valence-electron chi connectivity index (χ1n) is 5.79. The summed E-state index contributed by atoms with van der Waals surface area (Å²) in [5.74, 6) is 0.748. The van der Waals surface area contributed by atoms with E-state index >= 15 is 0 Å². The molecule has 1 nitrogen and oxygen atoms in total. The van der Waals surface area contributed by atoms with Crippen molar-refractivity contribution in [2.75, 3.05) is 0 Å². The first kappa shape index (κ1) is 9.06. The molecule has 2 fully saturated rings. The first-order valence-corrected chi connectivity index (χ1v) is 5.79. The van der Waals surface area contributed by atoms with Gasteiger partial charge in [-0.2, -0.15) is 5.26 Å². The summed E-state index contributed by atoms with van der Waals surface area (Å²) in [6, 6.07) is 2.66. The molecule has 2 saturated carbocycles. The predicted octanol–water partition coefficient (Wildman–Crippen LogP) is 3.65. The third-order valence-electron chi connectivity index (χ3n) is 4.11. The van der Waals surface area contributed by atoms with Crippen molar-refractivity contribution in [2.45, 2.75) is 57.8 Å². The zero-order valence-corrected chi connectivity index (χ0v) is 8.39. The van der Waals surface area contributed by atoms with Gasteiger partial charge >= 0.3 is 0 Å². The van der Waals surface area contributed by atoms with Gasteiger partial charge in [-0.1, -0.05) is 32.1 Å². The monoisotopic (exact) mass is 177 g/mol. The van der Waals surface area contributed by atoms with Crippen molar-refractivity contribution in [1.29, 1.82) is 5.26 Å². The summed E-state index contributed by atoms with van der Waals surface area (Å²) in [5, 5.41) is 9.35. The lowest BCUT2D eigenvalue weighted by Gasteiger charge is -2.36. The highest BCUT2D eigenvalue weighted by atomic mass is 14.5. The molecule has 0 aliphatic heterocycles. The minimum Gasteiger partial charge on any atom is -0.198 e. The summed E-state index contributed by atoms with van der Waals surface area (Å²) in [6.45, 7) is 0. The van der Waals surface area contributed by atoms with Crippen LogP contribution < -0.4 is 0 Å². The quantitative estimate of drug-likeness (QED) is 0.599. The molecular weight excluding hydrogens is 158 g/mol. The normalized spacial score (nSPS) is 28.5. The molecule has 0 aromatic carbocycles. The molecule has 2 aliphatic rings. The molecule has 2 aliphatic carbocycles. The molecule has 13 heavy (non-hydrogen) atoms. The molecule has 0 saturated heterocycles. The van der Waals surface area contributed by atoms with E-state index in [-0.39, 0.29) is 5.41 Å². The Morgan fingerprint density at radius 2 is 1.54 bits per heavy atom. The fraction of sp³-hybridized carbons (Fsp3) is 0.917. The van der Waals surface area contributed by atoms with Crippen molar-refractivity contribution in [3.8, 4) is 6.07 Å². The third kappa shape index (κ3) is 1.59. The second-order valence-corrected chi connectivity index (χ2v) is 4.81. The molecule has 0 spiro atoms. The highest BCUT2D eigenvalue weighted by Crippen LogP contribution is 2.48. The summed E-state index contributed by atoms with van der Waals surface area (Å²) >= 11 is 0. The lowest BCUT2D eigenvalue weighted by Crippen LogP contribution is -2.29. The Kier molecular flexibility index (Phi) is 2.58. The highest BCUT2D eigenvalue weighted by molar-refractivity contribution is 5.05. The summed E-state index contributed by atoms with van der Waals surface area (Å²) in [4.78, 5) is 0. The summed E-state index contributed by atoms with van der Waals surface area (Å²) in [5.41, 5.74) is 0.106. The van der Waals surface area contributed by atoms with Gasteiger partial charge < -0.3 is 0 Å². The molecule has 0 N–H and O–H groups in total. The maximum atomic E-state index is 9.35. The Balaban J connectivity index is 2.08. The Labute approximate surface area is 81.1 Å². The second kappa shape index (κ2) is 3.70. The van der Waals surface area contributed by atoms with Crippen LogP contribution in [0.15, 0.2) is 0 Å².